The molecule has 1 aromatic heterocycles. The molecule has 1 atom stereocenters. The minimum atomic E-state index is -3.14. The van der Waals surface area contributed by atoms with Crippen LogP contribution >= 0.6 is 0 Å². The molecule has 27 heavy (non-hydrogen) atoms. The van der Waals surface area contributed by atoms with E-state index in [9.17, 15) is 8.42 Å². The van der Waals surface area contributed by atoms with Crippen LogP contribution in [-0.4, -0.2) is 61.1 Å². The minimum Gasteiger partial charge on any atom is -0.488 e. The van der Waals surface area contributed by atoms with Gasteiger partial charge in [-0.05, 0) is 36.8 Å². The second-order valence-electron chi connectivity index (χ2n) is 7.56. The maximum absolute atomic E-state index is 11.7. The molecule has 7 nitrogen and oxygen atoms in total. The molecule has 1 saturated heterocycles. The monoisotopic (exact) mass is 388 g/mol. The molecule has 0 bridgehead atoms. The van der Waals surface area contributed by atoms with Crippen molar-refractivity contribution in [3.05, 3.63) is 29.6 Å². The van der Waals surface area contributed by atoms with Crippen LogP contribution in [-0.2, 0) is 16.4 Å². The summed E-state index contributed by atoms with van der Waals surface area (Å²) in [4.78, 5) is 6.37. The number of hydrogen-bond donors (Lipinski definition) is 0. The normalized spacial score (nSPS) is 24.1. The van der Waals surface area contributed by atoms with Gasteiger partial charge in [-0.25, -0.2) is 8.42 Å². The first-order valence-electron chi connectivity index (χ1n) is 9.39. The highest BCUT2D eigenvalue weighted by atomic mass is 32.2. The van der Waals surface area contributed by atoms with Crippen LogP contribution in [0.1, 0.15) is 30.5 Å². The van der Waals surface area contributed by atoms with Gasteiger partial charge in [-0.3, -0.25) is 4.98 Å². The number of rotatable bonds is 3. The summed E-state index contributed by atoms with van der Waals surface area (Å²) in [6, 6.07) is 2.10. The number of likely N-dealkylation sites (tertiary alicyclic amines) is 1. The Balaban J connectivity index is 1.43. The number of ether oxygens (including phenoxy) is 1. The van der Waals surface area contributed by atoms with Crippen LogP contribution in [0.15, 0.2) is 18.3 Å². The van der Waals surface area contributed by atoms with Crippen LogP contribution in [0.5, 0.6) is 5.75 Å². The molecule has 4 rings (SSSR count). The molecule has 8 heteroatoms. The average Bonchev–Trinajstić information content (AvgIpc) is 3.11. The van der Waals surface area contributed by atoms with E-state index in [4.69, 9.17) is 10.00 Å². The lowest BCUT2D eigenvalue weighted by Crippen LogP contribution is -2.36. The number of fused-ring (bicyclic) bond motifs is 1. The molecule has 0 radical (unpaired) electrons. The summed E-state index contributed by atoms with van der Waals surface area (Å²) in [6.45, 7) is 2.53. The quantitative estimate of drug-likeness (QED) is 0.732. The molecule has 3 aliphatic heterocycles. The van der Waals surface area contributed by atoms with Gasteiger partial charge in [0.15, 0.2) is 6.19 Å². The van der Waals surface area contributed by atoms with Crippen LogP contribution in [0.4, 0.5) is 0 Å². The van der Waals surface area contributed by atoms with E-state index in [0.717, 1.165) is 49.4 Å². The van der Waals surface area contributed by atoms with Crippen LogP contribution < -0.4 is 4.74 Å². The SMILES string of the molecule is CS(=O)(=O)N1CC=C(c2cc3c(cn2)OC(C2CCN(C#N)CC2)C3)CC1. The first-order chi connectivity index (χ1) is 12.9. The van der Waals surface area contributed by atoms with Gasteiger partial charge in [0.25, 0.3) is 0 Å². The number of hydrogen-bond acceptors (Lipinski definition) is 6. The maximum atomic E-state index is 11.7. The standard InChI is InChI=1S/C19H24N4O3S/c1-27(24,25)23-8-4-14(5-9-23)17-10-16-11-18(26-19(16)12-21-17)15-2-6-22(13-20)7-3-15/h4,10,12,15,18H,2-3,5-9,11H2,1H3. The Kier molecular flexibility index (Phi) is 4.82. The first kappa shape index (κ1) is 18.3. The van der Waals surface area contributed by atoms with Crippen LogP contribution in [0.2, 0.25) is 0 Å². The van der Waals surface area contributed by atoms with Gasteiger partial charge in [0.1, 0.15) is 11.9 Å². The molecule has 1 fully saturated rings. The summed E-state index contributed by atoms with van der Waals surface area (Å²) in [5.41, 5.74) is 3.20. The third-order valence-electron chi connectivity index (χ3n) is 5.82. The van der Waals surface area contributed by atoms with Crippen molar-refractivity contribution < 1.29 is 13.2 Å². The number of nitriles is 1. The second kappa shape index (κ2) is 7.13. The summed E-state index contributed by atoms with van der Waals surface area (Å²) >= 11 is 0. The van der Waals surface area contributed by atoms with Gasteiger partial charge >= 0.3 is 0 Å². The fourth-order valence-electron chi connectivity index (χ4n) is 4.17. The molecule has 0 saturated carbocycles. The molecule has 1 aromatic rings. The minimum absolute atomic E-state index is 0.166. The van der Waals surface area contributed by atoms with Crippen molar-refractivity contribution >= 4 is 15.6 Å². The molecule has 4 heterocycles. The molecule has 0 N–H and O–H groups in total. The zero-order valence-electron chi connectivity index (χ0n) is 15.5. The lowest BCUT2D eigenvalue weighted by Gasteiger charge is -2.31. The van der Waals surface area contributed by atoms with Crippen LogP contribution in [0.3, 0.4) is 0 Å². The number of nitrogens with zero attached hydrogens (tertiary/aromatic N) is 4. The van der Waals surface area contributed by atoms with Crippen molar-refractivity contribution in [2.75, 3.05) is 32.4 Å². The molecule has 144 valence electrons. The Morgan fingerprint density at radius 2 is 2.07 bits per heavy atom. The average molecular weight is 388 g/mol. The summed E-state index contributed by atoms with van der Waals surface area (Å²) in [5, 5.41) is 8.99. The Hall–Kier alpha value is -2.11. The van der Waals surface area contributed by atoms with Crippen molar-refractivity contribution in [1.29, 1.82) is 5.26 Å². The van der Waals surface area contributed by atoms with Gasteiger partial charge in [-0.15, -0.1) is 0 Å². The van der Waals surface area contributed by atoms with Crippen molar-refractivity contribution in [2.45, 2.75) is 31.8 Å². The number of aromatic nitrogens is 1. The van der Waals surface area contributed by atoms with E-state index >= 15 is 0 Å². The highest BCUT2D eigenvalue weighted by molar-refractivity contribution is 7.88. The highest BCUT2D eigenvalue weighted by Gasteiger charge is 2.33. The smallest absolute Gasteiger partial charge is 0.211 e. The fraction of sp³-hybridized carbons (Fsp3) is 0.579. The molecule has 1 unspecified atom stereocenters. The van der Waals surface area contributed by atoms with E-state index < -0.39 is 10.0 Å². The zero-order valence-corrected chi connectivity index (χ0v) is 16.3. The Morgan fingerprint density at radius 3 is 2.70 bits per heavy atom. The fourth-order valence-corrected chi connectivity index (χ4v) is 4.93. The summed E-state index contributed by atoms with van der Waals surface area (Å²) in [6.07, 6.45) is 10.9. The first-order valence-corrected chi connectivity index (χ1v) is 11.2. The largest absolute Gasteiger partial charge is 0.488 e. The van der Waals surface area contributed by atoms with Crippen molar-refractivity contribution in [1.82, 2.24) is 14.2 Å². The highest BCUT2D eigenvalue weighted by Crippen LogP contribution is 2.36. The van der Waals surface area contributed by atoms with Crippen molar-refractivity contribution in [2.24, 2.45) is 5.92 Å². The van der Waals surface area contributed by atoms with Crippen LogP contribution in [0, 0.1) is 17.4 Å². The third-order valence-corrected chi connectivity index (χ3v) is 7.09. The molecule has 0 amide bonds. The lowest BCUT2D eigenvalue weighted by molar-refractivity contribution is 0.110. The van der Waals surface area contributed by atoms with Crippen molar-refractivity contribution in [3.63, 3.8) is 0 Å². The maximum Gasteiger partial charge on any atom is 0.211 e. The second-order valence-corrected chi connectivity index (χ2v) is 9.54. The van der Waals surface area contributed by atoms with Gasteiger partial charge < -0.3 is 9.64 Å². The van der Waals surface area contributed by atoms with Crippen molar-refractivity contribution in [3.8, 4) is 11.9 Å². The van der Waals surface area contributed by atoms with Gasteiger partial charge in [0, 0.05) is 38.2 Å². The molecule has 0 spiro atoms. The zero-order chi connectivity index (χ0) is 19.0. The molecule has 3 aliphatic rings. The van der Waals surface area contributed by atoms with Gasteiger partial charge in [0.05, 0.1) is 18.1 Å². The summed E-state index contributed by atoms with van der Waals surface area (Å²) in [7, 11) is -3.14. The molecular weight excluding hydrogens is 364 g/mol. The Labute approximate surface area is 160 Å². The van der Waals surface area contributed by atoms with E-state index in [1.807, 2.05) is 11.0 Å². The van der Waals surface area contributed by atoms with Gasteiger partial charge in [-0.2, -0.15) is 9.57 Å². The lowest BCUT2D eigenvalue weighted by atomic mass is 9.89. The summed E-state index contributed by atoms with van der Waals surface area (Å²) < 4.78 is 30.9. The predicted molar refractivity (Wildman–Crippen MR) is 101 cm³/mol. The van der Waals surface area contributed by atoms with E-state index in [-0.39, 0.29) is 6.10 Å². The van der Waals surface area contributed by atoms with Gasteiger partial charge in [0.2, 0.25) is 10.0 Å². The number of pyridine rings is 1. The molecule has 0 aromatic carbocycles. The third kappa shape index (κ3) is 3.80. The predicted octanol–water partition coefficient (Wildman–Crippen LogP) is 1.63. The van der Waals surface area contributed by atoms with E-state index in [1.165, 1.54) is 16.1 Å². The van der Waals surface area contributed by atoms with Crippen LogP contribution in [0.25, 0.3) is 5.57 Å². The Bertz CT molecular complexity index is 898. The number of sulfonamides is 1. The topological polar surface area (TPSA) is 86.5 Å². The number of piperidine rings is 1. The summed E-state index contributed by atoms with van der Waals surface area (Å²) in [5.74, 6) is 1.34. The van der Waals surface area contributed by atoms with E-state index in [1.54, 1.807) is 6.20 Å². The van der Waals surface area contributed by atoms with E-state index in [2.05, 4.69) is 17.2 Å². The Morgan fingerprint density at radius 1 is 1.30 bits per heavy atom. The molecular formula is C19H24N4O3S. The molecule has 0 aliphatic carbocycles. The van der Waals surface area contributed by atoms with E-state index in [0.29, 0.717) is 25.4 Å². The van der Waals surface area contributed by atoms with Gasteiger partial charge in [-0.1, -0.05) is 6.08 Å².